The van der Waals surface area contributed by atoms with Crippen LogP contribution < -0.4 is 10.2 Å². The van der Waals surface area contributed by atoms with Crippen LogP contribution in [0.2, 0.25) is 0 Å². The molecule has 1 heterocycles. The van der Waals surface area contributed by atoms with Crippen molar-refractivity contribution in [3.05, 3.63) is 65.2 Å². The number of nitrogens with zero attached hydrogens (tertiary/aromatic N) is 1. The maximum atomic E-state index is 13.0. The number of anilines is 1. The van der Waals surface area contributed by atoms with Gasteiger partial charge < -0.3 is 15.0 Å². The molecule has 3 rings (SSSR count). The normalized spacial score (nSPS) is 13.7. The van der Waals surface area contributed by atoms with Gasteiger partial charge in [-0.1, -0.05) is 37.3 Å². The van der Waals surface area contributed by atoms with Gasteiger partial charge in [-0.25, -0.2) is 0 Å². The summed E-state index contributed by atoms with van der Waals surface area (Å²) in [6.45, 7) is 6.08. The first kappa shape index (κ1) is 21.6. The fraction of sp³-hybridized carbons (Fsp3) is 0.375. The van der Waals surface area contributed by atoms with Gasteiger partial charge in [0.2, 0.25) is 5.91 Å². The smallest absolute Gasteiger partial charge is 0.308 e. The summed E-state index contributed by atoms with van der Waals surface area (Å²) in [6, 6.07) is 14.3. The van der Waals surface area contributed by atoms with Crippen molar-refractivity contribution in [1.29, 1.82) is 0 Å². The summed E-state index contributed by atoms with van der Waals surface area (Å²) in [5, 5.41) is 2.97. The summed E-state index contributed by atoms with van der Waals surface area (Å²) in [7, 11) is 0. The Morgan fingerprint density at radius 1 is 1.10 bits per heavy atom. The van der Waals surface area contributed by atoms with E-state index < -0.39 is 6.04 Å². The Morgan fingerprint density at radius 3 is 2.50 bits per heavy atom. The quantitative estimate of drug-likeness (QED) is 0.707. The molecule has 6 heteroatoms. The molecular weight excluding hydrogens is 380 g/mol. The second-order valence-electron chi connectivity index (χ2n) is 7.67. The van der Waals surface area contributed by atoms with Crippen LogP contribution in [-0.2, 0) is 20.7 Å². The number of hydrogen-bond donors (Lipinski definition) is 1. The number of rotatable bonds is 7. The predicted octanol–water partition coefficient (Wildman–Crippen LogP) is 3.80. The molecular formula is C24H28N2O4. The average molecular weight is 408 g/mol. The topological polar surface area (TPSA) is 75.7 Å². The van der Waals surface area contributed by atoms with Crippen LogP contribution in [0.15, 0.2) is 48.5 Å². The van der Waals surface area contributed by atoms with E-state index in [0.717, 1.165) is 23.2 Å². The number of ether oxygens (including phenoxy) is 1. The second-order valence-corrected chi connectivity index (χ2v) is 7.67. The summed E-state index contributed by atoms with van der Waals surface area (Å²) in [5.41, 5.74) is 3.21. The Labute approximate surface area is 177 Å². The molecule has 6 nitrogen and oxygen atoms in total. The van der Waals surface area contributed by atoms with Gasteiger partial charge in [-0.2, -0.15) is 0 Å². The Balaban J connectivity index is 1.77. The predicted molar refractivity (Wildman–Crippen MR) is 115 cm³/mol. The Hall–Kier alpha value is -3.15. The first-order valence-corrected chi connectivity index (χ1v) is 10.4. The minimum Gasteiger partial charge on any atom is -0.463 e. The summed E-state index contributed by atoms with van der Waals surface area (Å²) in [4.78, 5) is 39.0. The van der Waals surface area contributed by atoms with E-state index >= 15 is 0 Å². The van der Waals surface area contributed by atoms with Crippen molar-refractivity contribution in [1.82, 2.24) is 5.32 Å². The highest BCUT2D eigenvalue weighted by molar-refractivity contribution is 5.98. The molecule has 1 atom stereocenters. The molecule has 1 aliphatic rings. The van der Waals surface area contributed by atoms with Crippen LogP contribution in [0.3, 0.4) is 0 Å². The van der Waals surface area contributed by atoms with E-state index in [1.807, 2.05) is 49.4 Å². The zero-order valence-electron chi connectivity index (χ0n) is 17.7. The van der Waals surface area contributed by atoms with Crippen LogP contribution in [0, 0.1) is 0 Å². The molecule has 158 valence electrons. The lowest BCUT2D eigenvalue weighted by atomic mass is 10.0. The van der Waals surface area contributed by atoms with Crippen molar-refractivity contribution in [2.75, 3.05) is 11.4 Å². The number of benzene rings is 2. The molecule has 0 saturated carbocycles. The molecule has 1 N–H and O–H groups in total. The molecule has 0 spiro atoms. The highest BCUT2D eigenvalue weighted by Gasteiger charge is 2.25. The molecule has 2 amide bonds. The summed E-state index contributed by atoms with van der Waals surface area (Å²) < 4.78 is 5.27. The van der Waals surface area contributed by atoms with E-state index in [2.05, 4.69) is 5.32 Å². The minimum atomic E-state index is -0.489. The molecule has 0 bridgehead atoms. The highest BCUT2D eigenvalue weighted by atomic mass is 16.5. The number of carbonyl (C=O) groups is 3. The average Bonchev–Trinajstić information content (AvgIpc) is 3.16. The van der Waals surface area contributed by atoms with Gasteiger partial charge in [0.05, 0.1) is 18.6 Å². The lowest BCUT2D eigenvalue weighted by Gasteiger charge is -2.20. The summed E-state index contributed by atoms with van der Waals surface area (Å²) in [6.07, 6.45) is 1.02. The van der Waals surface area contributed by atoms with Gasteiger partial charge in [0, 0.05) is 24.2 Å². The third kappa shape index (κ3) is 5.06. The van der Waals surface area contributed by atoms with Gasteiger partial charge in [-0.15, -0.1) is 0 Å². The number of fused-ring (bicyclic) bond motifs is 1. The number of esters is 1. The van der Waals surface area contributed by atoms with Crippen molar-refractivity contribution >= 4 is 23.5 Å². The first-order valence-electron chi connectivity index (χ1n) is 10.4. The molecule has 0 unspecified atom stereocenters. The van der Waals surface area contributed by atoms with Gasteiger partial charge >= 0.3 is 5.97 Å². The maximum absolute atomic E-state index is 13.0. The fourth-order valence-electron chi connectivity index (χ4n) is 3.65. The Bertz CT molecular complexity index is 924. The van der Waals surface area contributed by atoms with E-state index in [1.54, 1.807) is 24.8 Å². The fourth-order valence-corrected chi connectivity index (χ4v) is 3.65. The summed E-state index contributed by atoms with van der Waals surface area (Å²) >= 11 is 0. The molecule has 0 fully saturated rings. The Morgan fingerprint density at radius 2 is 1.83 bits per heavy atom. The van der Waals surface area contributed by atoms with Crippen LogP contribution in [0.5, 0.6) is 0 Å². The lowest BCUT2D eigenvalue weighted by molar-refractivity contribution is -0.148. The third-order valence-electron chi connectivity index (χ3n) is 5.09. The van der Waals surface area contributed by atoms with E-state index in [4.69, 9.17) is 4.74 Å². The Kier molecular flexibility index (Phi) is 6.87. The summed E-state index contributed by atoms with van der Waals surface area (Å²) in [5.74, 6) is -0.537. The van der Waals surface area contributed by atoms with E-state index in [1.165, 1.54) is 0 Å². The van der Waals surface area contributed by atoms with Crippen molar-refractivity contribution in [2.45, 2.75) is 52.2 Å². The van der Waals surface area contributed by atoms with Gasteiger partial charge in [-0.3, -0.25) is 14.4 Å². The molecule has 2 aromatic rings. The third-order valence-corrected chi connectivity index (χ3v) is 5.09. The maximum Gasteiger partial charge on any atom is 0.308 e. The number of carbonyl (C=O) groups excluding carboxylic acids is 3. The number of hydrogen-bond acceptors (Lipinski definition) is 4. The minimum absolute atomic E-state index is 0.0532. The standard InChI is InChI=1S/C24H28N2O4/c1-4-22(27)26-13-12-18-14-19(10-11-21(18)26)24(29)25-20(15-23(28)30-16(2)3)17-8-6-5-7-9-17/h5-11,14,16,20H,4,12-13,15H2,1-3H3,(H,25,29)/t20-/m1/s1. The van der Waals surface area contributed by atoms with E-state index in [9.17, 15) is 14.4 Å². The van der Waals surface area contributed by atoms with Crippen LogP contribution in [-0.4, -0.2) is 30.4 Å². The van der Waals surface area contributed by atoms with Gasteiger partial charge in [-0.05, 0) is 49.6 Å². The molecule has 1 aliphatic heterocycles. The second kappa shape index (κ2) is 9.57. The van der Waals surface area contributed by atoms with Gasteiger partial charge in [0.1, 0.15) is 0 Å². The van der Waals surface area contributed by atoms with Crippen molar-refractivity contribution in [3.8, 4) is 0 Å². The van der Waals surface area contributed by atoms with Crippen LogP contribution >= 0.6 is 0 Å². The van der Waals surface area contributed by atoms with Gasteiger partial charge in [0.15, 0.2) is 0 Å². The zero-order chi connectivity index (χ0) is 21.7. The van der Waals surface area contributed by atoms with Crippen molar-refractivity contribution in [2.24, 2.45) is 0 Å². The largest absolute Gasteiger partial charge is 0.463 e. The zero-order valence-corrected chi connectivity index (χ0v) is 17.7. The SMILES string of the molecule is CCC(=O)N1CCc2cc(C(=O)N[C@H](CC(=O)OC(C)C)c3ccccc3)ccc21. The van der Waals surface area contributed by atoms with Crippen molar-refractivity contribution in [3.63, 3.8) is 0 Å². The van der Waals surface area contributed by atoms with E-state index in [0.29, 0.717) is 18.5 Å². The van der Waals surface area contributed by atoms with Crippen LogP contribution in [0.4, 0.5) is 5.69 Å². The van der Waals surface area contributed by atoms with Crippen molar-refractivity contribution < 1.29 is 19.1 Å². The lowest BCUT2D eigenvalue weighted by Crippen LogP contribution is -2.31. The number of nitrogens with one attached hydrogen (secondary N) is 1. The number of amides is 2. The molecule has 0 saturated heterocycles. The van der Waals surface area contributed by atoms with E-state index in [-0.39, 0.29) is 30.3 Å². The first-order chi connectivity index (χ1) is 14.4. The van der Waals surface area contributed by atoms with Crippen LogP contribution in [0.1, 0.15) is 61.1 Å². The monoisotopic (exact) mass is 408 g/mol. The molecule has 0 radical (unpaired) electrons. The highest BCUT2D eigenvalue weighted by Crippen LogP contribution is 2.29. The molecule has 0 aromatic heterocycles. The van der Waals surface area contributed by atoms with Crippen LogP contribution in [0.25, 0.3) is 0 Å². The molecule has 2 aromatic carbocycles. The molecule has 30 heavy (non-hydrogen) atoms. The van der Waals surface area contributed by atoms with Gasteiger partial charge in [0.25, 0.3) is 5.91 Å². The molecule has 0 aliphatic carbocycles.